The maximum atomic E-state index is 12.6. The van der Waals surface area contributed by atoms with Gasteiger partial charge in [-0.2, -0.15) is 0 Å². The normalized spacial score (nSPS) is 18.6. The van der Waals surface area contributed by atoms with E-state index in [-0.39, 0.29) is 30.9 Å². The van der Waals surface area contributed by atoms with Crippen molar-refractivity contribution in [1.82, 2.24) is 15.1 Å². The summed E-state index contributed by atoms with van der Waals surface area (Å²) < 4.78 is 0. The summed E-state index contributed by atoms with van der Waals surface area (Å²) in [4.78, 5) is 38.8. The number of carbonyl (C=O) groups is 3. The molecule has 3 rings (SSSR count). The van der Waals surface area contributed by atoms with Crippen LogP contribution in [0.2, 0.25) is 0 Å². The van der Waals surface area contributed by atoms with Crippen molar-refractivity contribution in [3.05, 3.63) is 35.4 Å². The fourth-order valence-corrected chi connectivity index (χ4v) is 3.39. The molecular weight excluding hydrogens is 306 g/mol. The van der Waals surface area contributed by atoms with Crippen molar-refractivity contribution in [2.75, 3.05) is 13.6 Å². The van der Waals surface area contributed by atoms with Gasteiger partial charge in [0, 0.05) is 18.7 Å². The van der Waals surface area contributed by atoms with E-state index in [1.54, 1.807) is 24.3 Å². The van der Waals surface area contributed by atoms with Crippen LogP contribution in [0.25, 0.3) is 0 Å². The molecule has 0 radical (unpaired) electrons. The van der Waals surface area contributed by atoms with Crippen molar-refractivity contribution in [3.8, 4) is 0 Å². The van der Waals surface area contributed by atoms with Gasteiger partial charge in [0.05, 0.1) is 13.1 Å². The van der Waals surface area contributed by atoms with Gasteiger partial charge in [-0.3, -0.25) is 14.5 Å². The Morgan fingerprint density at radius 3 is 2.42 bits per heavy atom. The maximum Gasteiger partial charge on any atom is 0.324 e. The highest BCUT2D eigenvalue weighted by Crippen LogP contribution is 2.23. The lowest BCUT2D eigenvalue weighted by atomic mass is 9.94. The summed E-state index contributed by atoms with van der Waals surface area (Å²) in [5.41, 5.74) is 1.47. The maximum absolute atomic E-state index is 12.6. The Morgan fingerprint density at radius 1 is 1.17 bits per heavy atom. The molecule has 6 nitrogen and oxygen atoms in total. The van der Waals surface area contributed by atoms with Crippen LogP contribution in [-0.2, 0) is 11.3 Å². The molecule has 2 aliphatic rings. The zero-order chi connectivity index (χ0) is 17.1. The largest absolute Gasteiger partial charge is 0.339 e. The van der Waals surface area contributed by atoms with Gasteiger partial charge in [0.2, 0.25) is 5.91 Å². The summed E-state index contributed by atoms with van der Waals surface area (Å²) in [6.45, 7) is 0.291. The summed E-state index contributed by atoms with van der Waals surface area (Å²) in [6, 6.07) is 7.13. The Kier molecular flexibility index (Phi) is 4.83. The van der Waals surface area contributed by atoms with Crippen LogP contribution in [0, 0.1) is 0 Å². The van der Waals surface area contributed by atoms with Crippen LogP contribution < -0.4 is 5.32 Å². The van der Waals surface area contributed by atoms with Crippen molar-refractivity contribution >= 4 is 17.8 Å². The molecule has 2 fully saturated rings. The zero-order valence-corrected chi connectivity index (χ0v) is 14.0. The third kappa shape index (κ3) is 3.42. The monoisotopic (exact) mass is 329 g/mol. The Morgan fingerprint density at radius 2 is 1.83 bits per heavy atom. The molecule has 1 aliphatic heterocycles. The SMILES string of the molecule is CN(C(=O)c1ccc(CN2C(=O)CNC2=O)cc1)C1CCCCC1. The number of hydrogen-bond donors (Lipinski definition) is 1. The van der Waals surface area contributed by atoms with E-state index in [9.17, 15) is 14.4 Å². The fourth-order valence-electron chi connectivity index (χ4n) is 3.39. The van der Waals surface area contributed by atoms with Crippen LogP contribution in [0.5, 0.6) is 0 Å². The van der Waals surface area contributed by atoms with E-state index in [0.29, 0.717) is 11.6 Å². The second-order valence-electron chi connectivity index (χ2n) is 6.54. The van der Waals surface area contributed by atoms with Gasteiger partial charge in [-0.05, 0) is 30.5 Å². The lowest BCUT2D eigenvalue weighted by Crippen LogP contribution is -2.38. The van der Waals surface area contributed by atoms with E-state index >= 15 is 0 Å². The Balaban J connectivity index is 1.64. The molecule has 1 aromatic carbocycles. The van der Waals surface area contributed by atoms with Crippen LogP contribution >= 0.6 is 0 Å². The molecule has 1 N–H and O–H groups in total. The third-order valence-electron chi connectivity index (χ3n) is 4.92. The van der Waals surface area contributed by atoms with E-state index in [2.05, 4.69) is 5.32 Å². The van der Waals surface area contributed by atoms with E-state index in [0.717, 1.165) is 18.4 Å². The number of benzene rings is 1. The molecule has 1 saturated carbocycles. The number of carbonyl (C=O) groups excluding carboxylic acids is 3. The number of rotatable bonds is 4. The van der Waals surface area contributed by atoms with Gasteiger partial charge < -0.3 is 10.2 Å². The molecule has 6 heteroatoms. The van der Waals surface area contributed by atoms with Crippen molar-refractivity contribution in [3.63, 3.8) is 0 Å². The first kappa shape index (κ1) is 16.5. The van der Waals surface area contributed by atoms with Gasteiger partial charge in [-0.25, -0.2) is 4.79 Å². The number of imide groups is 1. The summed E-state index contributed by atoms with van der Waals surface area (Å²) in [5.74, 6) is -0.194. The van der Waals surface area contributed by atoms with Gasteiger partial charge in [0.1, 0.15) is 0 Å². The second-order valence-corrected chi connectivity index (χ2v) is 6.54. The van der Waals surface area contributed by atoms with Crippen LogP contribution in [0.4, 0.5) is 4.79 Å². The van der Waals surface area contributed by atoms with Gasteiger partial charge in [0.25, 0.3) is 5.91 Å². The minimum Gasteiger partial charge on any atom is -0.339 e. The molecule has 1 aliphatic carbocycles. The molecule has 4 amide bonds. The van der Waals surface area contributed by atoms with Gasteiger partial charge >= 0.3 is 6.03 Å². The number of hydrogen-bond acceptors (Lipinski definition) is 3. The van der Waals surface area contributed by atoms with E-state index in [1.807, 2.05) is 11.9 Å². The zero-order valence-electron chi connectivity index (χ0n) is 14.0. The Hall–Kier alpha value is -2.37. The molecule has 0 spiro atoms. The first-order valence-corrected chi connectivity index (χ1v) is 8.50. The third-order valence-corrected chi connectivity index (χ3v) is 4.92. The number of nitrogens with one attached hydrogen (secondary N) is 1. The minimum absolute atomic E-state index is 0.0310. The molecule has 1 aromatic rings. The van der Waals surface area contributed by atoms with E-state index < -0.39 is 0 Å². The average Bonchev–Trinajstić information content (AvgIpc) is 2.94. The molecular formula is C18H23N3O3. The van der Waals surface area contributed by atoms with Crippen molar-refractivity contribution in [2.45, 2.75) is 44.7 Å². The predicted molar refractivity (Wildman–Crippen MR) is 89.4 cm³/mol. The van der Waals surface area contributed by atoms with E-state index in [4.69, 9.17) is 0 Å². The molecule has 24 heavy (non-hydrogen) atoms. The predicted octanol–water partition coefficient (Wildman–Crippen LogP) is 2.14. The molecule has 0 atom stereocenters. The van der Waals surface area contributed by atoms with Crippen LogP contribution in [0.15, 0.2) is 24.3 Å². The molecule has 1 heterocycles. The minimum atomic E-state index is -0.364. The highest BCUT2D eigenvalue weighted by atomic mass is 16.2. The van der Waals surface area contributed by atoms with Crippen LogP contribution in [0.1, 0.15) is 48.0 Å². The van der Waals surface area contributed by atoms with Crippen molar-refractivity contribution < 1.29 is 14.4 Å². The topological polar surface area (TPSA) is 69.7 Å². The first-order valence-electron chi connectivity index (χ1n) is 8.50. The lowest BCUT2D eigenvalue weighted by molar-refractivity contribution is -0.125. The van der Waals surface area contributed by atoms with Crippen molar-refractivity contribution in [2.24, 2.45) is 0 Å². The highest BCUT2D eigenvalue weighted by molar-refractivity contribution is 6.01. The molecule has 128 valence electrons. The second kappa shape index (κ2) is 7.03. The summed E-state index contributed by atoms with van der Waals surface area (Å²) in [6.07, 6.45) is 5.79. The molecule has 1 saturated heterocycles. The molecule has 0 aromatic heterocycles. The molecule has 0 bridgehead atoms. The summed E-state index contributed by atoms with van der Waals surface area (Å²) in [7, 11) is 1.87. The smallest absolute Gasteiger partial charge is 0.324 e. The summed E-state index contributed by atoms with van der Waals surface area (Å²) in [5, 5.41) is 2.50. The van der Waals surface area contributed by atoms with Gasteiger partial charge in [0.15, 0.2) is 0 Å². The number of urea groups is 1. The highest BCUT2D eigenvalue weighted by Gasteiger charge is 2.28. The average molecular weight is 329 g/mol. The standard InChI is InChI=1S/C18H23N3O3/c1-20(15-5-3-2-4-6-15)17(23)14-9-7-13(8-10-14)12-21-16(22)11-19-18(21)24/h7-10,15H,2-6,11-12H2,1H3,(H,19,24). The quantitative estimate of drug-likeness (QED) is 0.861. The fraction of sp³-hybridized carbons (Fsp3) is 0.500. The Bertz CT molecular complexity index is 619. The van der Waals surface area contributed by atoms with E-state index in [1.165, 1.54) is 24.2 Å². The van der Waals surface area contributed by atoms with Crippen LogP contribution in [0.3, 0.4) is 0 Å². The molecule has 0 unspecified atom stereocenters. The lowest BCUT2D eigenvalue weighted by Gasteiger charge is -2.31. The Labute approximate surface area is 141 Å². The van der Waals surface area contributed by atoms with Crippen molar-refractivity contribution in [1.29, 1.82) is 0 Å². The van der Waals surface area contributed by atoms with Gasteiger partial charge in [-0.15, -0.1) is 0 Å². The number of nitrogens with zero attached hydrogens (tertiary/aromatic N) is 2. The summed E-state index contributed by atoms with van der Waals surface area (Å²) >= 11 is 0. The van der Waals surface area contributed by atoms with Crippen LogP contribution in [-0.4, -0.2) is 47.3 Å². The number of amides is 4. The van der Waals surface area contributed by atoms with Gasteiger partial charge in [-0.1, -0.05) is 31.4 Å². The first-order chi connectivity index (χ1) is 11.6.